The molecular formula is C19H25N5O2. The normalized spacial score (nSPS) is 11.5. The Balaban J connectivity index is 2.11. The number of ether oxygens (including phenoxy) is 1. The van der Waals surface area contributed by atoms with Gasteiger partial charge in [-0.25, -0.2) is 9.78 Å². The third-order valence-corrected chi connectivity index (χ3v) is 4.44. The lowest BCUT2D eigenvalue weighted by molar-refractivity contribution is 0.0601. The number of anilines is 1. The molecule has 26 heavy (non-hydrogen) atoms. The maximum atomic E-state index is 11.9. The van der Waals surface area contributed by atoms with Crippen LogP contribution in [0.5, 0.6) is 0 Å². The van der Waals surface area contributed by atoms with E-state index >= 15 is 0 Å². The lowest BCUT2D eigenvalue weighted by Crippen LogP contribution is -2.16. The predicted molar refractivity (Wildman–Crippen MR) is 104 cm³/mol. The highest BCUT2D eigenvalue weighted by Gasteiger charge is 2.17. The van der Waals surface area contributed by atoms with Crippen LogP contribution in [0.2, 0.25) is 0 Å². The highest BCUT2D eigenvalue weighted by atomic mass is 16.5. The van der Waals surface area contributed by atoms with Crippen molar-refractivity contribution in [2.45, 2.75) is 13.3 Å². The molecule has 3 rings (SSSR count). The van der Waals surface area contributed by atoms with Gasteiger partial charge < -0.3 is 15.0 Å². The molecule has 0 aliphatic heterocycles. The molecule has 2 heterocycles. The smallest absolute Gasteiger partial charge is 0.337 e. The molecule has 3 aromatic rings. The minimum absolute atomic E-state index is 0.365. The summed E-state index contributed by atoms with van der Waals surface area (Å²) in [7, 11) is 7.40. The molecule has 0 amide bonds. The number of esters is 1. The van der Waals surface area contributed by atoms with Crippen molar-refractivity contribution in [2.75, 3.05) is 39.6 Å². The van der Waals surface area contributed by atoms with E-state index in [0.29, 0.717) is 5.56 Å². The van der Waals surface area contributed by atoms with Gasteiger partial charge in [0.1, 0.15) is 0 Å². The Bertz CT molecular complexity index is 962. The topological polar surface area (TPSA) is 72.3 Å². The molecule has 0 radical (unpaired) electrons. The van der Waals surface area contributed by atoms with Crippen LogP contribution < -0.4 is 5.32 Å². The fourth-order valence-electron chi connectivity index (χ4n) is 3.19. The molecule has 1 N–H and O–H groups in total. The third-order valence-electron chi connectivity index (χ3n) is 4.44. The van der Waals surface area contributed by atoms with Gasteiger partial charge >= 0.3 is 5.97 Å². The quantitative estimate of drug-likeness (QED) is 0.541. The van der Waals surface area contributed by atoms with Crippen molar-refractivity contribution in [2.24, 2.45) is 7.05 Å². The first-order chi connectivity index (χ1) is 12.4. The minimum atomic E-state index is -0.365. The summed E-state index contributed by atoms with van der Waals surface area (Å²) in [5.74, 6) is -0.365. The molecule has 1 aromatic carbocycles. The van der Waals surface area contributed by atoms with Crippen molar-refractivity contribution in [3.05, 3.63) is 29.5 Å². The largest absolute Gasteiger partial charge is 0.465 e. The number of rotatable bonds is 6. The van der Waals surface area contributed by atoms with Crippen LogP contribution in [0.4, 0.5) is 5.69 Å². The van der Waals surface area contributed by atoms with E-state index in [1.807, 2.05) is 20.0 Å². The van der Waals surface area contributed by atoms with E-state index in [4.69, 9.17) is 9.72 Å². The lowest BCUT2D eigenvalue weighted by Gasteiger charge is -2.14. The first-order valence-corrected chi connectivity index (χ1v) is 8.66. The summed E-state index contributed by atoms with van der Waals surface area (Å²) in [6.45, 7) is 3.85. The number of carbonyl (C=O) groups is 1. The van der Waals surface area contributed by atoms with Crippen LogP contribution in [0, 0.1) is 6.92 Å². The number of pyridine rings is 1. The second-order valence-electron chi connectivity index (χ2n) is 6.70. The summed E-state index contributed by atoms with van der Waals surface area (Å²) in [6, 6.07) is 5.47. The fraction of sp³-hybridized carbons (Fsp3) is 0.421. The van der Waals surface area contributed by atoms with Crippen molar-refractivity contribution in [1.29, 1.82) is 0 Å². The summed E-state index contributed by atoms with van der Waals surface area (Å²) in [4.78, 5) is 18.8. The third kappa shape index (κ3) is 3.35. The van der Waals surface area contributed by atoms with Crippen molar-refractivity contribution in [3.8, 4) is 0 Å². The Morgan fingerprint density at radius 2 is 2.12 bits per heavy atom. The maximum Gasteiger partial charge on any atom is 0.337 e. The Kier molecular flexibility index (Phi) is 5.08. The summed E-state index contributed by atoms with van der Waals surface area (Å²) >= 11 is 0. The number of benzene rings is 1. The second-order valence-corrected chi connectivity index (χ2v) is 6.70. The fourth-order valence-corrected chi connectivity index (χ4v) is 3.19. The first kappa shape index (κ1) is 18.1. The van der Waals surface area contributed by atoms with Gasteiger partial charge in [0.05, 0.1) is 35.0 Å². The van der Waals surface area contributed by atoms with Crippen LogP contribution >= 0.6 is 0 Å². The SMILES string of the molecule is COC(=O)c1ccc2c(NCCCN(C)C)c3c(C)nn(C)c3nc2c1. The van der Waals surface area contributed by atoms with Crippen molar-refractivity contribution in [1.82, 2.24) is 19.7 Å². The van der Waals surface area contributed by atoms with Gasteiger partial charge in [-0.05, 0) is 52.2 Å². The number of methoxy groups -OCH3 is 1. The molecule has 0 saturated carbocycles. The van der Waals surface area contributed by atoms with Gasteiger partial charge in [-0.3, -0.25) is 4.68 Å². The number of aryl methyl sites for hydroxylation is 2. The number of nitrogens with zero attached hydrogens (tertiary/aromatic N) is 4. The average molecular weight is 355 g/mol. The van der Waals surface area contributed by atoms with E-state index in [1.165, 1.54) is 7.11 Å². The van der Waals surface area contributed by atoms with E-state index in [-0.39, 0.29) is 5.97 Å². The van der Waals surface area contributed by atoms with Gasteiger partial charge in [0.15, 0.2) is 5.65 Å². The van der Waals surface area contributed by atoms with E-state index < -0.39 is 0 Å². The summed E-state index contributed by atoms with van der Waals surface area (Å²) in [6.07, 6.45) is 1.03. The molecular weight excluding hydrogens is 330 g/mol. The molecule has 0 aliphatic carbocycles. The number of fused-ring (bicyclic) bond motifs is 2. The van der Waals surface area contributed by atoms with Crippen molar-refractivity contribution in [3.63, 3.8) is 0 Å². The molecule has 0 bridgehead atoms. The molecule has 2 aromatic heterocycles. The van der Waals surface area contributed by atoms with Gasteiger partial charge in [-0.2, -0.15) is 5.10 Å². The lowest BCUT2D eigenvalue weighted by atomic mass is 10.1. The van der Waals surface area contributed by atoms with Crippen LogP contribution in [-0.4, -0.2) is 59.9 Å². The Labute approximate surface area is 152 Å². The molecule has 0 spiro atoms. The van der Waals surface area contributed by atoms with Gasteiger partial charge in [0.2, 0.25) is 0 Å². The van der Waals surface area contributed by atoms with Crippen LogP contribution in [0.25, 0.3) is 21.9 Å². The number of aromatic nitrogens is 3. The summed E-state index contributed by atoms with van der Waals surface area (Å²) in [5, 5.41) is 10.1. The zero-order chi connectivity index (χ0) is 18.8. The Morgan fingerprint density at radius 3 is 2.81 bits per heavy atom. The zero-order valence-corrected chi connectivity index (χ0v) is 16.0. The molecule has 0 saturated heterocycles. The van der Waals surface area contributed by atoms with Crippen LogP contribution in [0.3, 0.4) is 0 Å². The number of hydrogen-bond donors (Lipinski definition) is 1. The molecule has 7 nitrogen and oxygen atoms in total. The van der Waals surface area contributed by atoms with Crippen molar-refractivity contribution < 1.29 is 9.53 Å². The minimum Gasteiger partial charge on any atom is -0.465 e. The average Bonchev–Trinajstić information content (AvgIpc) is 2.90. The number of carbonyl (C=O) groups excluding carboxylic acids is 1. The molecule has 138 valence electrons. The molecule has 0 atom stereocenters. The summed E-state index contributed by atoms with van der Waals surface area (Å²) < 4.78 is 6.61. The van der Waals surface area contributed by atoms with Gasteiger partial charge in [0, 0.05) is 19.0 Å². The van der Waals surface area contributed by atoms with Crippen LogP contribution in [-0.2, 0) is 11.8 Å². The Hall–Kier alpha value is -2.67. The standard InChI is InChI=1S/C19H25N5O2/c1-12-16-17(20-9-6-10-23(2)3)14-8-7-13(19(25)26-5)11-15(14)21-18(16)24(4)22-12/h7-8,11H,6,9-10H2,1-5H3,(H,20,21). The van der Waals surface area contributed by atoms with E-state index in [1.54, 1.807) is 16.8 Å². The number of nitrogens with one attached hydrogen (secondary N) is 1. The predicted octanol–water partition coefficient (Wildman–Crippen LogP) is 2.58. The maximum absolute atomic E-state index is 11.9. The molecule has 0 fully saturated rings. The van der Waals surface area contributed by atoms with E-state index in [2.05, 4.69) is 29.4 Å². The van der Waals surface area contributed by atoms with E-state index in [0.717, 1.165) is 52.8 Å². The molecule has 0 unspecified atom stereocenters. The first-order valence-electron chi connectivity index (χ1n) is 8.66. The highest BCUT2D eigenvalue weighted by molar-refractivity contribution is 6.09. The van der Waals surface area contributed by atoms with Crippen LogP contribution in [0.1, 0.15) is 22.5 Å². The van der Waals surface area contributed by atoms with Gasteiger partial charge in [-0.1, -0.05) is 0 Å². The zero-order valence-electron chi connectivity index (χ0n) is 16.0. The number of hydrogen-bond acceptors (Lipinski definition) is 6. The summed E-state index contributed by atoms with van der Waals surface area (Å²) in [5.41, 5.74) is 3.99. The van der Waals surface area contributed by atoms with E-state index in [9.17, 15) is 4.79 Å². The second kappa shape index (κ2) is 7.29. The molecule has 7 heteroatoms. The monoisotopic (exact) mass is 355 g/mol. The molecule has 0 aliphatic rings. The van der Waals surface area contributed by atoms with Crippen LogP contribution in [0.15, 0.2) is 18.2 Å². The van der Waals surface area contributed by atoms with Gasteiger partial charge in [0.25, 0.3) is 0 Å². The van der Waals surface area contributed by atoms with Crippen molar-refractivity contribution >= 4 is 33.6 Å². The highest BCUT2D eigenvalue weighted by Crippen LogP contribution is 2.33. The van der Waals surface area contributed by atoms with Gasteiger partial charge in [-0.15, -0.1) is 0 Å². The Morgan fingerprint density at radius 1 is 1.35 bits per heavy atom.